The van der Waals surface area contributed by atoms with Crippen molar-refractivity contribution in [2.24, 2.45) is 5.41 Å². The molecule has 4 rings (SSSR count). The van der Waals surface area contributed by atoms with Crippen LogP contribution < -0.4 is 10.1 Å². The second-order valence-electron chi connectivity index (χ2n) is 8.66. The predicted octanol–water partition coefficient (Wildman–Crippen LogP) is 4.11. The Labute approximate surface area is 195 Å². The Bertz CT molecular complexity index is 1130. The minimum atomic E-state index is -0.638. The van der Waals surface area contributed by atoms with Crippen molar-refractivity contribution < 1.29 is 14.3 Å². The van der Waals surface area contributed by atoms with Crippen LogP contribution in [0.5, 0.6) is 5.75 Å². The zero-order valence-electron chi connectivity index (χ0n) is 19.2. The number of rotatable bonds is 7. The highest BCUT2D eigenvalue weighted by Crippen LogP contribution is 2.36. The molecule has 1 aliphatic heterocycles. The summed E-state index contributed by atoms with van der Waals surface area (Å²) in [6, 6.07) is 26.1. The van der Waals surface area contributed by atoms with Crippen molar-refractivity contribution in [3.05, 3.63) is 90.0 Å². The van der Waals surface area contributed by atoms with Crippen molar-refractivity contribution in [1.29, 1.82) is 0 Å². The van der Waals surface area contributed by atoms with Gasteiger partial charge in [0.15, 0.2) is 0 Å². The van der Waals surface area contributed by atoms with Gasteiger partial charge in [0.1, 0.15) is 5.75 Å². The first-order valence-corrected chi connectivity index (χ1v) is 11.3. The molecule has 1 heterocycles. The number of benzene rings is 3. The van der Waals surface area contributed by atoms with E-state index in [1.54, 1.807) is 14.2 Å². The third kappa shape index (κ3) is 4.92. The summed E-state index contributed by atoms with van der Waals surface area (Å²) in [6.07, 6.45) is 1.49. The van der Waals surface area contributed by atoms with Crippen molar-refractivity contribution in [3.63, 3.8) is 0 Å². The fourth-order valence-corrected chi connectivity index (χ4v) is 4.77. The summed E-state index contributed by atoms with van der Waals surface area (Å²) in [7, 11) is 3.28. The normalized spacial score (nSPS) is 17.6. The van der Waals surface area contributed by atoms with E-state index in [1.165, 1.54) is 0 Å². The summed E-state index contributed by atoms with van der Waals surface area (Å²) < 4.78 is 5.40. The number of methoxy groups -OCH3 is 1. The van der Waals surface area contributed by atoms with Crippen LogP contribution in [0, 0.1) is 5.41 Å². The van der Waals surface area contributed by atoms with Crippen molar-refractivity contribution >= 4 is 11.8 Å². The smallest absolute Gasteiger partial charge is 0.228 e. The average molecular weight is 443 g/mol. The minimum absolute atomic E-state index is 0.0137. The highest BCUT2D eigenvalue weighted by molar-refractivity contribution is 5.86. The van der Waals surface area contributed by atoms with E-state index in [4.69, 9.17) is 4.74 Å². The molecular formula is C28H30N2O3. The molecule has 3 aromatic rings. The van der Waals surface area contributed by atoms with E-state index < -0.39 is 5.41 Å². The van der Waals surface area contributed by atoms with Gasteiger partial charge in [-0.15, -0.1) is 0 Å². The highest BCUT2D eigenvalue weighted by Gasteiger charge is 2.45. The summed E-state index contributed by atoms with van der Waals surface area (Å²) in [5.41, 5.74) is 3.59. The molecule has 2 amide bonds. The van der Waals surface area contributed by atoms with Gasteiger partial charge in [0, 0.05) is 25.7 Å². The number of amides is 2. The van der Waals surface area contributed by atoms with Crippen molar-refractivity contribution in [2.75, 3.05) is 27.2 Å². The Morgan fingerprint density at radius 1 is 0.970 bits per heavy atom. The molecule has 1 saturated heterocycles. The number of nitrogens with zero attached hydrogens (tertiary/aromatic N) is 1. The summed E-state index contributed by atoms with van der Waals surface area (Å²) in [4.78, 5) is 28.0. The van der Waals surface area contributed by atoms with Gasteiger partial charge in [0.2, 0.25) is 11.8 Å². The number of hydrogen-bond donors (Lipinski definition) is 1. The Morgan fingerprint density at radius 2 is 1.70 bits per heavy atom. The van der Waals surface area contributed by atoms with E-state index in [0.29, 0.717) is 31.7 Å². The van der Waals surface area contributed by atoms with E-state index in [2.05, 4.69) is 35.6 Å². The Morgan fingerprint density at radius 3 is 2.45 bits per heavy atom. The number of para-hydroxylation sites is 1. The monoisotopic (exact) mass is 442 g/mol. The molecule has 0 bridgehead atoms. The lowest BCUT2D eigenvalue weighted by molar-refractivity contribution is -0.132. The lowest BCUT2D eigenvalue weighted by atomic mass is 9.79. The predicted molar refractivity (Wildman–Crippen MR) is 130 cm³/mol. The summed E-state index contributed by atoms with van der Waals surface area (Å²) in [5, 5.41) is 2.84. The molecule has 33 heavy (non-hydrogen) atoms. The molecule has 0 aliphatic carbocycles. The van der Waals surface area contributed by atoms with E-state index >= 15 is 0 Å². The fraction of sp³-hybridized carbons (Fsp3) is 0.286. The van der Waals surface area contributed by atoms with Gasteiger partial charge in [-0.3, -0.25) is 9.59 Å². The van der Waals surface area contributed by atoms with Crippen molar-refractivity contribution in [2.45, 2.75) is 19.3 Å². The maximum atomic E-state index is 13.1. The van der Waals surface area contributed by atoms with E-state index in [9.17, 15) is 9.59 Å². The summed E-state index contributed by atoms with van der Waals surface area (Å²) in [6.45, 7) is 0.982. The fourth-order valence-electron chi connectivity index (χ4n) is 4.77. The Kier molecular flexibility index (Phi) is 6.78. The number of carbonyl (C=O) groups excluding carboxylic acids is 2. The second kappa shape index (κ2) is 9.90. The van der Waals surface area contributed by atoms with Gasteiger partial charge in [-0.25, -0.2) is 0 Å². The first-order chi connectivity index (χ1) is 16.0. The van der Waals surface area contributed by atoms with Crippen LogP contribution in [-0.2, 0) is 22.4 Å². The molecule has 5 heteroatoms. The molecule has 170 valence electrons. The number of nitrogens with one attached hydrogen (secondary N) is 1. The molecule has 0 spiro atoms. The molecule has 0 unspecified atom stereocenters. The van der Waals surface area contributed by atoms with Gasteiger partial charge in [0.05, 0.1) is 18.9 Å². The molecule has 1 atom stereocenters. The molecule has 0 radical (unpaired) electrons. The molecule has 1 fully saturated rings. The van der Waals surface area contributed by atoms with Crippen LogP contribution in [-0.4, -0.2) is 44.0 Å². The maximum Gasteiger partial charge on any atom is 0.228 e. The first-order valence-electron chi connectivity index (χ1n) is 11.3. The van der Waals surface area contributed by atoms with Crippen LogP contribution in [0.3, 0.4) is 0 Å². The highest BCUT2D eigenvalue weighted by atomic mass is 16.5. The lowest BCUT2D eigenvalue weighted by Gasteiger charge is -2.28. The van der Waals surface area contributed by atoms with Crippen LogP contribution in [0.25, 0.3) is 11.1 Å². The third-order valence-electron chi connectivity index (χ3n) is 6.53. The zero-order chi connectivity index (χ0) is 23.3. The van der Waals surface area contributed by atoms with Crippen molar-refractivity contribution in [1.82, 2.24) is 10.2 Å². The number of ether oxygens (including phenoxy) is 1. The van der Waals surface area contributed by atoms with Crippen LogP contribution in [0.4, 0.5) is 0 Å². The standard InChI is InChI=1S/C28H30N2O3/c1-29-27(32)28(19-21-9-8-13-23(17-21)22-10-4-3-5-11-22)15-16-30(20-28)26(31)18-24-12-6-7-14-25(24)33-2/h3-14,17H,15-16,18-20H2,1-2H3,(H,29,32)/t28-/m0/s1. The van der Waals surface area contributed by atoms with Gasteiger partial charge in [-0.05, 0) is 35.6 Å². The molecule has 1 N–H and O–H groups in total. The minimum Gasteiger partial charge on any atom is -0.496 e. The maximum absolute atomic E-state index is 13.1. The zero-order valence-corrected chi connectivity index (χ0v) is 19.2. The molecule has 1 aliphatic rings. The van der Waals surface area contributed by atoms with E-state index in [1.807, 2.05) is 53.4 Å². The van der Waals surface area contributed by atoms with Crippen LogP contribution >= 0.6 is 0 Å². The van der Waals surface area contributed by atoms with Gasteiger partial charge >= 0.3 is 0 Å². The second-order valence-corrected chi connectivity index (χ2v) is 8.66. The SMILES string of the molecule is CNC(=O)[C@]1(Cc2cccc(-c3ccccc3)c2)CCN(C(=O)Cc2ccccc2OC)C1. The first kappa shape index (κ1) is 22.6. The third-order valence-corrected chi connectivity index (χ3v) is 6.53. The van der Waals surface area contributed by atoms with Gasteiger partial charge < -0.3 is 15.0 Å². The Balaban J connectivity index is 1.53. The quantitative estimate of drug-likeness (QED) is 0.599. The van der Waals surface area contributed by atoms with Crippen LogP contribution in [0.2, 0.25) is 0 Å². The Hall–Kier alpha value is -3.60. The average Bonchev–Trinajstić information content (AvgIpc) is 3.30. The van der Waals surface area contributed by atoms with E-state index in [0.717, 1.165) is 22.3 Å². The van der Waals surface area contributed by atoms with Gasteiger partial charge in [-0.1, -0.05) is 72.8 Å². The number of hydrogen-bond acceptors (Lipinski definition) is 3. The van der Waals surface area contributed by atoms with Crippen LogP contribution in [0.15, 0.2) is 78.9 Å². The number of carbonyl (C=O) groups is 2. The van der Waals surface area contributed by atoms with Crippen molar-refractivity contribution in [3.8, 4) is 16.9 Å². The molecule has 3 aromatic carbocycles. The topological polar surface area (TPSA) is 58.6 Å². The summed E-state index contributed by atoms with van der Waals surface area (Å²) >= 11 is 0. The molecular weight excluding hydrogens is 412 g/mol. The van der Waals surface area contributed by atoms with Gasteiger partial charge in [-0.2, -0.15) is 0 Å². The molecule has 5 nitrogen and oxygen atoms in total. The molecule has 0 aromatic heterocycles. The molecule has 0 saturated carbocycles. The van der Waals surface area contributed by atoms with E-state index in [-0.39, 0.29) is 18.2 Å². The van der Waals surface area contributed by atoms with Crippen LogP contribution in [0.1, 0.15) is 17.5 Å². The van der Waals surface area contributed by atoms with Gasteiger partial charge in [0.25, 0.3) is 0 Å². The lowest BCUT2D eigenvalue weighted by Crippen LogP contribution is -2.44. The summed E-state index contributed by atoms with van der Waals surface area (Å²) in [5.74, 6) is 0.712. The largest absolute Gasteiger partial charge is 0.496 e. The number of likely N-dealkylation sites (tertiary alicyclic amines) is 1.